The van der Waals surface area contributed by atoms with E-state index in [4.69, 9.17) is 16.3 Å². The number of pyridine rings is 2. The van der Waals surface area contributed by atoms with Gasteiger partial charge in [-0.1, -0.05) is 11.6 Å². The van der Waals surface area contributed by atoms with Gasteiger partial charge in [-0.25, -0.2) is 4.98 Å². The van der Waals surface area contributed by atoms with Crippen LogP contribution in [0.25, 0.3) is 32.9 Å². The minimum absolute atomic E-state index is 0.398. The summed E-state index contributed by atoms with van der Waals surface area (Å²) in [6, 6.07) is 8.40. The zero-order chi connectivity index (χ0) is 19.2. The lowest BCUT2D eigenvalue weighted by Gasteiger charge is -2.13. The van der Waals surface area contributed by atoms with Crippen molar-refractivity contribution in [2.45, 2.75) is 12.7 Å². The zero-order valence-corrected chi connectivity index (χ0v) is 14.8. The van der Waals surface area contributed by atoms with Gasteiger partial charge in [0.15, 0.2) is 0 Å². The molecule has 0 saturated carbocycles. The number of alkyl halides is 3. The summed E-state index contributed by atoms with van der Waals surface area (Å²) in [6.07, 6.45) is 0.155. The van der Waals surface area contributed by atoms with Crippen LogP contribution in [0.5, 0.6) is 5.88 Å². The van der Waals surface area contributed by atoms with E-state index in [0.717, 1.165) is 0 Å². The van der Waals surface area contributed by atoms with Crippen LogP contribution in [0.3, 0.4) is 0 Å². The van der Waals surface area contributed by atoms with Gasteiger partial charge in [-0.2, -0.15) is 13.2 Å². The summed E-state index contributed by atoms with van der Waals surface area (Å²) >= 11 is 6.28. The summed E-state index contributed by atoms with van der Waals surface area (Å²) in [4.78, 5) is 8.16. The summed E-state index contributed by atoms with van der Waals surface area (Å²) in [5.74, 6) is 0.414. The molecule has 27 heavy (non-hydrogen) atoms. The van der Waals surface area contributed by atoms with Gasteiger partial charge in [0.25, 0.3) is 0 Å². The van der Waals surface area contributed by atoms with Crippen molar-refractivity contribution in [3.8, 4) is 17.0 Å². The number of halogens is 4. The highest BCUT2D eigenvalue weighted by Gasteiger charge is 2.30. The summed E-state index contributed by atoms with van der Waals surface area (Å²) < 4.78 is 46.2. The lowest BCUT2D eigenvalue weighted by atomic mass is 10.0. The van der Waals surface area contributed by atoms with Crippen molar-refractivity contribution >= 4 is 33.4 Å². The van der Waals surface area contributed by atoms with E-state index < -0.39 is 12.7 Å². The third-order valence-corrected chi connectivity index (χ3v) is 4.54. The molecule has 3 aromatic heterocycles. The fourth-order valence-corrected chi connectivity index (χ4v) is 3.49. The number of methoxy groups -OCH3 is 1. The second kappa shape index (κ2) is 6.42. The maximum atomic E-state index is 13.3. The fraction of sp³-hybridized carbons (Fsp3) is 0.158. The Balaban J connectivity index is 2.09. The average molecular weight is 392 g/mol. The SMILES string of the molecule is COc1ccc(-c2cc(Cl)cc3c4ccncc4n(CC(F)(F)F)c23)cn1. The predicted molar refractivity (Wildman–Crippen MR) is 98.1 cm³/mol. The summed E-state index contributed by atoms with van der Waals surface area (Å²) in [7, 11) is 1.49. The lowest BCUT2D eigenvalue weighted by molar-refractivity contribution is -0.139. The first-order valence-corrected chi connectivity index (χ1v) is 8.38. The first-order chi connectivity index (χ1) is 12.9. The first-order valence-electron chi connectivity index (χ1n) is 8.00. The van der Waals surface area contributed by atoms with E-state index in [9.17, 15) is 13.2 Å². The van der Waals surface area contributed by atoms with Gasteiger partial charge in [-0.3, -0.25) is 4.98 Å². The molecule has 0 N–H and O–H groups in total. The highest BCUT2D eigenvalue weighted by Crippen LogP contribution is 2.39. The van der Waals surface area contributed by atoms with Gasteiger partial charge >= 0.3 is 6.18 Å². The molecule has 4 rings (SSSR count). The third-order valence-electron chi connectivity index (χ3n) is 4.32. The van der Waals surface area contributed by atoms with Gasteiger partial charge in [-0.15, -0.1) is 0 Å². The summed E-state index contributed by atoms with van der Waals surface area (Å²) in [5, 5.41) is 1.72. The van der Waals surface area contributed by atoms with Crippen molar-refractivity contribution in [1.82, 2.24) is 14.5 Å². The van der Waals surface area contributed by atoms with Crippen molar-refractivity contribution in [2.24, 2.45) is 0 Å². The standard InChI is InChI=1S/C19H13ClF3N3O/c1-27-17-3-2-11(8-25-17)14-6-12(20)7-15-13-4-5-24-9-16(13)26(18(14)15)10-19(21,22)23/h2-9H,10H2,1H3. The molecule has 0 aliphatic heterocycles. The van der Waals surface area contributed by atoms with E-state index in [1.54, 1.807) is 42.7 Å². The van der Waals surface area contributed by atoms with Gasteiger partial charge < -0.3 is 9.30 Å². The Labute approximate surface area is 157 Å². The molecule has 0 amide bonds. The van der Waals surface area contributed by atoms with Crippen molar-refractivity contribution in [3.05, 3.63) is 53.9 Å². The monoisotopic (exact) mass is 391 g/mol. The molecule has 4 aromatic rings. The largest absolute Gasteiger partial charge is 0.481 e. The van der Waals surface area contributed by atoms with E-state index >= 15 is 0 Å². The molecule has 0 radical (unpaired) electrons. The molecule has 0 saturated heterocycles. The number of aromatic nitrogens is 3. The van der Waals surface area contributed by atoms with Crippen LogP contribution in [0.15, 0.2) is 48.9 Å². The summed E-state index contributed by atoms with van der Waals surface area (Å²) in [6.45, 7) is -1.13. The molecule has 0 unspecified atom stereocenters. The maximum absolute atomic E-state index is 13.3. The molecule has 0 spiro atoms. The minimum atomic E-state index is -4.39. The Kier molecular flexibility index (Phi) is 4.19. The normalized spacial score (nSPS) is 12.0. The minimum Gasteiger partial charge on any atom is -0.481 e. The molecule has 0 bridgehead atoms. The van der Waals surface area contributed by atoms with Crippen LogP contribution in [0.4, 0.5) is 13.2 Å². The van der Waals surface area contributed by atoms with Crippen LogP contribution in [0.1, 0.15) is 0 Å². The van der Waals surface area contributed by atoms with Crippen molar-refractivity contribution in [3.63, 3.8) is 0 Å². The Morgan fingerprint density at radius 3 is 2.59 bits per heavy atom. The zero-order valence-electron chi connectivity index (χ0n) is 14.1. The van der Waals surface area contributed by atoms with Crippen LogP contribution in [-0.4, -0.2) is 27.8 Å². The molecule has 0 atom stereocenters. The average Bonchev–Trinajstić information content (AvgIpc) is 2.94. The second-order valence-electron chi connectivity index (χ2n) is 6.03. The van der Waals surface area contributed by atoms with Crippen LogP contribution in [-0.2, 0) is 6.54 Å². The van der Waals surface area contributed by atoms with E-state index in [-0.39, 0.29) is 0 Å². The van der Waals surface area contributed by atoms with Gasteiger partial charge in [0.05, 0.1) is 24.3 Å². The molecule has 0 fully saturated rings. The maximum Gasteiger partial charge on any atom is 0.406 e. The Bertz CT molecular complexity index is 1140. The molecular weight excluding hydrogens is 379 g/mol. The fourth-order valence-electron chi connectivity index (χ4n) is 3.27. The number of nitrogens with zero attached hydrogens (tertiary/aromatic N) is 3. The molecule has 8 heteroatoms. The van der Waals surface area contributed by atoms with Gasteiger partial charge in [0.1, 0.15) is 6.54 Å². The molecule has 1 aromatic carbocycles. The van der Waals surface area contributed by atoms with E-state index in [2.05, 4.69) is 9.97 Å². The van der Waals surface area contributed by atoms with E-state index in [1.807, 2.05) is 0 Å². The molecule has 3 heterocycles. The Hall–Kier alpha value is -2.80. The van der Waals surface area contributed by atoms with Gasteiger partial charge in [0.2, 0.25) is 5.88 Å². The quantitative estimate of drug-likeness (QED) is 0.464. The first kappa shape index (κ1) is 17.6. The predicted octanol–water partition coefficient (Wildman–Crippen LogP) is 5.48. The number of hydrogen-bond acceptors (Lipinski definition) is 3. The van der Waals surface area contributed by atoms with Crippen LogP contribution in [0.2, 0.25) is 5.02 Å². The lowest BCUT2D eigenvalue weighted by Crippen LogP contribution is -2.17. The summed E-state index contributed by atoms with van der Waals surface area (Å²) in [5.41, 5.74) is 2.04. The highest BCUT2D eigenvalue weighted by atomic mass is 35.5. The number of fused-ring (bicyclic) bond motifs is 3. The molecule has 0 aliphatic carbocycles. The Morgan fingerprint density at radius 2 is 1.93 bits per heavy atom. The molecule has 0 aliphatic rings. The van der Waals surface area contributed by atoms with Crippen molar-refractivity contribution < 1.29 is 17.9 Å². The number of benzene rings is 1. The molecule has 138 valence electrons. The third kappa shape index (κ3) is 3.19. The topological polar surface area (TPSA) is 39.9 Å². The number of ether oxygens (including phenoxy) is 1. The van der Waals surface area contributed by atoms with Crippen LogP contribution in [0, 0.1) is 0 Å². The number of rotatable bonds is 3. The van der Waals surface area contributed by atoms with Crippen molar-refractivity contribution in [1.29, 1.82) is 0 Å². The highest BCUT2D eigenvalue weighted by molar-refractivity contribution is 6.32. The Morgan fingerprint density at radius 1 is 1.11 bits per heavy atom. The van der Waals surface area contributed by atoms with Gasteiger partial charge in [0, 0.05) is 45.4 Å². The second-order valence-corrected chi connectivity index (χ2v) is 6.47. The van der Waals surface area contributed by atoms with E-state index in [0.29, 0.717) is 43.8 Å². The van der Waals surface area contributed by atoms with Crippen LogP contribution >= 0.6 is 11.6 Å². The molecule has 4 nitrogen and oxygen atoms in total. The van der Waals surface area contributed by atoms with Crippen molar-refractivity contribution in [2.75, 3.05) is 7.11 Å². The smallest absolute Gasteiger partial charge is 0.406 e. The number of hydrogen-bond donors (Lipinski definition) is 0. The van der Waals surface area contributed by atoms with Crippen LogP contribution < -0.4 is 4.74 Å². The van der Waals surface area contributed by atoms with E-state index in [1.165, 1.54) is 17.9 Å². The van der Waals surface area contributed by atoms with Gasteiger partial charge in [-0.05, 0) is 24.3 Å². The molecular formula is C19H13ClF3N3O.